The van der Waals surface area contributed by atoms with Crippen LogP contribution >= 0.6 is 23.2 Å². The molecule has 0 saturated heterocycles. The maximum atomic E-state index is 12.8. The molecule has 1 aliphatic rings. The molecule has 0 radical (unpaired) electrons. The van der Waals surface area contributed by atoms with E-state index in [2.05, 4.69) is 4.98 Å². The fourth-order valence-electron chi connectivity index (χ4n) is 2.65. The molecule has 3 rings (SSSR count). The van der Waals surface area contributed by atoms with Gasteiger partial charge in [0.15, 0.2) is 0 Å². The number of alkyl halides is 3. The van der Waals surface area contributed by atoms with E-state index in [0.717, 1.165) is 5.56 Å². The molecule has 0 unspecified atom stereocenters. The largest absolute Gasteiger partial charge is 0.449 e. The highest BCUT2D eigenvalue weighted by atomic mass is 35.5. The fourth-order valence-corrected chi connectivity index (χ4v) is 3.12. The summed E-state index contributed by atoms with van der Waals surface area (Å²) in [5, 5.41) is 0.999. The summed E-state index contributed by atoms with van der Waals surface area (Å²) in [6.07, 6.45) is -4.35. The second-order valence-electron chi connectivity index (χ2n) is 5.53. The van der Waals surface area contributed by atoms with Gasteiger partial charge in [-0.05, 0) is 24.1 Å². The van der Waals surface area contributed by atoms with Gasteiger partial charge in [-0.15, -0.1) is 0 Å². The normalized spacial score (nSPS) is 15.4. The fraction of sp³-hybridized carbons (Fsp3) is 0.333. The first-order valence-electron chi connectivity index (χ1n) is 7.09. The first kappa shape index (κ1) is 17.3. The Bertz CT molecular complexity index is 836. The highest BCUT2D eigenvalue weighted by Gasteiger charge is 2.36. The summed E-state index contributed by atoms with van der Waals surface area (Å²) in [6.45, 7) is 1.12. The van der Waals surface area contributed by atoms with Gasteiger partial charge in [-0.3, -0.25) is 9.69 Å². The van der Waals surface area contributed by atoms with Gasteiger partial charge in [-0.2, -0.15) is 13.2 Å². The lowest BCUT2D eigenvalue weighted by molar-refractivity contribution is -0.145. The number of aromatic amines is 1. The molecular formula is C15H12Cl2F3N3O. The van der Waals surface area contributed by atoms with Crippen molar-refractivity contribution in [1.82, 2.24) is 14.9 Å². The van der Waals surface area contributed by atoms with Gasteiger partial charge in [-0.1, -0.05) is 29.3 Å². The van der Waals surface area contributed by atoms with Crippen LogP contribution in [0.15, 0.2) is 23.0 Å². The number of fused-ring (bicyclic) bond motifs is 1. The minimum Gasteiger partial charge on any atom is -0.303 e. The third-order valence-electron chi connectivity index (χ3n) is 3.83. The van der Waals surface area contributed by atoms with Crippen LogP contribution in [0.2, 0.25) is 10.0 Å². The molecule has 0 bridgehead atoms. The van der Waals surface area contributed by atoms with Gasteiger partial charge in [0.05, 0.1) is 5.69 Å². The third kappa shape index (κ3) is 3.58. The van der Waals surface area contributed by atoms with E-state index in [9.17, 15) is 18.0 Å². The average Bonchev–Trinajstić information content (AvgIpc) is 2.49. The van der Waals surface area contributed by atoms with E-state index in [1.807, 2.05) is 9.88 Å². The first-order chi connectivity index (χ1) is 11.2. The van der Waals surface area contributed by atoms with Gasteiger partial charge in [0.25, 0.3) is 5.56 Å². The first-order valence-corrected chi connectivity index (χ1v) is 7.85. The molecule has 4 nitrogen and oxygen atoms in total. The zero-order valence-electron chi connectivity index (χ0n) is 12.3. The molecule has 0 saturated carbocycles. The average molecular weight is 378 g/mol. The number of hydrogen-bond donors (Lipinski definition) is 1. The van der Waals surface area contributed by atoms with Crippen molar-refractivity contribution in [3.63, 3.8) is 0 Å². The molecule has 0 amide bonds. The number of H-pyrrole nitrogens is 1. The maximum Gasteiger partial charge on any atom is 0.449 e. The van der Waals surface area contributed by atoms with Crippen molar-refractivity contribution in [2.24, 2.45) is 0 Å². The van der Waals surface area contributed by atoms with Gasteiger partial charge >= 0.3 is 6.18 Å². The number of halogens is 5. The zero-order chi connectivity index (χ0) is 17.5. The number of benzene rings is 1. The van der Waals surface area contributed by atoms with Crippen LogP contribution in [0.5, 0.6) is 0 Å². The summed E-state index contributed by atoms with van der Waals surface area (Å²) in [5.41, 5.74) is 0.547. The van der Waals surface area contributed by atoms with Gasteiger partial charge < -0.3 is 4.98 Å². The topological polar surface area (TPSA) is 49.0 Å². The second kappa shape index (κ2) is 6.38. The van der Waals surface area contributed by atoms with Crippen molar-refractivity contribution in [3.05, 3.63) is 61.2 Å². The van der Waals surface area contributed by atoms with Gasteiger partial charge in [0, 0.05) is 35.2 Å². The minimum absolute atomic E-state index is 0.154. The molecule has 128 valence electrons. The molecule has 1 aliphatic heterocycles. The van der Waals surface area contributed by atoms with Gasteiger partial charge in [0.2, 0.25) is 5.82 Å². The Morgan fingerprint density at radius 3 is 2.71 bits per heavy atom. The molecule has 0 spiro atoms. The molecule has 0 aliphatic carbocycles. The number of nitrogens with zero attached hydrogens (tertiary/aromatic N) is 2. The summed E-state index contributed by atoms with van der Waals surface area (Å²) in [7, 11) is 0. The molecule has 9 heteroatoms. The molecule has 1 N–H and O–H groups in total. The lowest BCUT2D eigenvalue weighted by Crippen LogP contribution is -2.36. The lowest BCUT2D eigenvalue weighted by Gasteiger charge is -2.28. The minimum atomic E-state index is -4.68. The quantitative estimate of drug-likeness (QED) is 0.868. The maximum absolute atomic E-state index is 12.8. The summed E-state index contributed by atoms with van der Waals surface area (Å²) in [6, 6.07) is 5.08. The number of hydrogen-bond acceptors (Lipinski definition) is 3. The van der Waals surface area contributed by atoms with Crippen LogP contribution in [-0.4, -0.2) is 21.4 Å². The monoisotopic (exact) mass is 377 g/mol. The Kier molecular flexibility index (Phi) is 4.59. The van der Waals surface area contributed by atoms with Crippen molar-refractivity contribution in [3.8, 4) is 0 Å². The predicted molar refractivity (Wildman–Crippen MR) is 84.1 cm³/mol. The van der Waals surface area contributed by atoms with Crippen LogP contribution < -0.4 is 5.56 Å². The van der Waals surface area contributed by atoms with Crippen LogP contribution in [0.4, 0.5) is 13.2 Å². The van der Waals surface area contributed by atoms with E-state index in [-0.39, 0.29) is 12.2 Å². The zero-order valence-corrected chi connectivity index (χ0v) is 13.8. The van der Waals surface area contributed by atoms with Crippen LogP contribution in [0.25, 0.3) is 0 Å². The van der Waals surface area contributed by atoms with E-state index in [1.54, 1.807) is 18.2 Å². The van der Waals surface area contributed by atoms with Gasteiger partial charge in [0.1, 0.15) is 0 Å². The molecule has 24 heavy (non-hydrogen) atoms. The third-order valence-corrected chi connectivity index (χ3v) is 4.42. The summed E-state index contributed by atoms with van der Waals surface area (Å²) in [5.74, 6) is -1.27. The molecule has 2 aromatic rings. The van der Waals surface area contributed by atoms with Crippen molar-refractivity contribution in [2.75, 3.05) is 6.54 Å². The standard InChI is InChI=1S/C15H12Cl2F3N3O/c16-9-2-1-8(11(17)5-9)6-23-4-3-10-12(7-23)21-14(15(18,19)20)22-13(10)24/h1-2,5H,3-4,6-7H2,(H,21,22,24). The van der Waals surface area contributed by atoms with Crippen molar-refractivity contribution in [2.45, 2.75) is 25.7 Å². The van der Waals surface area contributed by atoms with Crippen LogP contribution in [0.3, 0.4) is 0 Å². The smallest absolute Gasteiger partial charge is 0.303 e. The Balaban J connectivity index is 1.86. The lowest BCUT2D eigenvalue weighted by atomic mass is 10.1. The molecule has 0 fully saturated rings. The Morgan fingerprint density at radius 1 is 1.29 bits per heavy atom. The van der Waals surface area contributed by atoms with Crippen LogP contribution in [0.1, 0.15) is 22.6 Å². The van der Waals surface area contributed by atoms with Crippen LogP contribution in [0, 0.1) is 0 Å². The Morgan fingerprint density at radius 2 is 2.04 bits per heavy atom. The molecule has 1 aromatic carbocycles. The Labute approximate surface area is 145 Å². The summed E-state index contributed by atoms with van der Waals surface area (Å²) < 4.78 is 38.4. The van der Waals surface area contributed by atoms with E-state index in [4.69, 9.17) is 23.2 Å². The summed E-state index contributed by atoms with van der Waals surface area (Å²) in [4.78, 5) is 19.1. The van der Waals surface area contributed by atoms with E-state index in [1.165, 1.54) is 0 Å². The molecule has 1 aromatic heterocycles. The van der Waals surface area contributed by atoms with E-state index < -0.39 is 17.6 Å². The van der Waals surface area contributed by atoms with E-state index in [0.29, 0.717) is 35.1 Å². The highest BCUT2D eigenvalue weighted by molar-refractivity contribution is 6.35. The van der Waals surface area contributed by atoms with E-state index >= 15 is 0 Å². The highest BCUT2D eigenvalue weighted by Crippen LogP contribution is 2.28. The number of nitrogens with one attached hydrogen (secondary N) is 1. The van der Waals surface area contributed by atoms with Gasteiger partial charge in [-0.25, -0.2) is 4.98 Å². The van der Waals surface area contributed by atoms with Crippen LogP contribution in [-0.2, 0) is 25.7 Å². The number of rotatable bonds is 2. The van der Waals surface area contributed by atoms with Crippen molar-refractivity contribution in [1.29, 1.82) is 0 Å². The summed E-state index contributed by atoms with van der Waals surface area (Å²) >= 11 is 12.0. The Hall–Kier alpha value is -1.57. The molecular weight excluding hydrogens is 366 g/mol. The SMILES string of the molecule is O=c1[nH]c(C(F)(F)F)nc2c1CCN(Cc1ccc(Cl)cc1Cl)C2. The van der Waals surface area contributed by atoms with Crippen molar-refractivity contribution >= 4 is 23.2 Å². The van der Waals surface area contributed by atoms with Crippen molar-refractivity contribution < 1.29 is 13.2 Å². The number of aromatic nitrogens is 2. The molecule has 0 atom stereocenters. The second-order valence-corrected chi connectivity index (χ2v) is 6.38. The molecule has 2 heterocycles. The predicted octanol–water partition coefficient (Wildman–Crippen LogP) is 3.65.